The third-order valence-electron chi connectivity index (χ3n) is 2.73. The molecule has 0 saturated carbocycles. The maximum atomic E-state index is 13.1. The summed E-state index contributed by atoms with van der Waals surface area (Å²) in [6, 6.07) is 5.26. The van der Waals surface area contributed by atoms with Gasteiger partial charge in [0, 0.05) is 17.2 Å². The van der Waals surface area contributed by atoms with Crippen molar-refractivity contribution in [2.45, 2.75) is 25.9 Å². The molecule has 1 aliphatic rings. The molecule has 0 spiro atoms. The Balaban J connectivity index is 2.57. The molecule has 1 aliphatic heterocycles. The summed E-state index contributed by atoms with van der Waals surface area (Å²) < 4.78 is 13.1. The highest BCUT2D eigenvalue weighted by Gasteiger charge is 2.38. The molecule has 1 unspecified atom stereocenters. The Labute approximate surface area is 93.1 Å². The van der Waals surface area contributed by atoms with Crippen LogP contribution in [0, 0.1) is 17.1 Å². The maximum absolute atomic E-state index is 13.1. The zero-order valence-electron chi connectivity index (χ0n) is 9.07. The molecular formula is C12H11FN2O. The van der Waals surface area contributed by atoms with Crippen molar-refractivity contribution in [3.63, 3.8) is 0 Å². The molecule has 0 saturated heterocycles. The normalized spacial score (nSPS) is 18.8. The molecule has 1 aromatic rings. The van der Waals surface area contributed by atoms with E-state index in [9.17, 15) is 9.18 Å². The van der Waals surface area contributed by atoms with E-state index in [4.69, 9.17) is 5.26 Å². The molecule has 16 heavy (non-hydrogen) atoms. The minimum Gasteiger partial charge on any atom is -0.316 e. The summed E-state index contributed by atoms with van der Waals surface area (Å²) in [4.78, 5) is 13.4. The SMILES string of the molecule is CC(C)N1C(=O)c2ccc(F)cc2C1C#N. The van der Waals surface area contributed by atoms with E-state index in [0.29, 0.717) is 11.1 Å². The second-order valence-electron chi connectivity index (χ2n) is 4.07. The van der Waals surface area contributed by atoms with Crippen LogP contribution in [0.2, 0.25) is 0 Å². The Morgan fingerprint density at radius 3 is 2.75 bits per heavy atom. The Hall–Kier alpha value is -1.89. The van der Waals surface area contributed by atoms with Crippen LogP contribution in [0.15, 0.2) is 18.2 Å². The highest BCUT2D eigenvalue weighted by molar-refractivity contribution is 5.99. The molecule has 0 bridgehead atoms. The highest BCUT2D eigenvalue weighted by atomic mass is 19.1. The molecule has 0 aromatic heterocycles. The summed E-state index contributed by atoms with van der Waals surface area (Å²) in [6.45, 7) is 3.68. The van der Waals surface area contributed by atoms with Gasteiger partial charge in [-0.1, -0.05) is 0 Å². The molecule has 1 amide bonds. The molecule has 1 heterocycles. The van der Waals surface area contributed by atoms with E-state index in [0.717, 1.165) is 0 Å². The largest absolute Gasteiger partial charge is 0.316 e. The first kappa shape index (κ1) is 10.6. The van der Waals surface area contributed by atoms with Gasteiger partial charge in [-0.15, -0.1) is 0 Å². The summed E-state index contributed by atoms with van der Waals surface area (Å²) in [6.07, 6.45) is 0. The fourth-order valence-electron chi connectivity index (χ4n) is 2.03. The molecule has 0 fully saturated rings. The topological polar surface area (TPSA) is 44.1 Å². The van der Waals surface area contributed by atoms with Gasteiger partial charge < -0.3 is 4.90 Å². The number of halogens is 1. The van der Waals surface area contributed by atoms with Crippen LogP contribution in [-0.4, -0.2) is 16.8 Å². The average Bonchev–Trinajstić information content (AvgIpc) is 2.50. The Morgan fingerprint density at radius 1 is 1.50 bits per heavy atom. The fraction of sp³-hybridized carbons (Fsp3) is 0.333. The number of hydrogen-bond donors (Lipinski definition) is 0. The summed E-state index contributed by atoms with van der Waals surface area (Å²) in [5, 5.41) is 9.07. The van der Waals surface area contributed by atoms with Crippen molar-refractivity contribution < 1.29 is 9.18 Å². The molecule has 1 aromatic carbocycles. The van der Waals surface area contributed by atoms with Gasteiger partial charge in [0.05, 0.1) is 6.07 Å². The van der Waals surface area contributed by atoms with E-state index >= 15 is 0 Å². The lowest BCUT2D eigenvalue weighted by atomic mass is 10.1. The number of nitrogens with zero attached hydrogens (tertiary/aromatic N) is 2. The molecule has 82 valence electrons. The smallest absolute Gasteiger partial charge is 0.255 e. The van der Waals surface area contributed by atoms with Crippen LogP contribution < -0.4 is 0 Å². The number of nitriles is 1. The van der Waals surface area contributed by atoms with Crippen LogP contribution in [0.1, 0.15) is 35.8 Å². The van der Waals surface area contributed by atoms with Gasteiger partial charge in [0.15, 0.2) is 0 Å². The number of rotatable bonds is 1. The van der Waals surface area contributed by atoms with Crippen molar-refractivity contribution in [1.29, 1.82) is 5.26 Å². The predicted octanol–water partition coefficient (Wildman–Crippen LogP) is 2.25. The van der Waals surface area contributed by atoms with Gasteiger partial charge in [-0.3, -0.25) is 4.79 Å². The lowest BCUT2D eigenvalue weighted by Crippen LogP contribution is -2.33. The number of amides is 1. The molecule has 2 rings (SSSR count). The molecule has 4 heteroatoms. The summed E-state index contributed by atoms with van der Waals surface area (Å²) in [5.74, 6) is -0.617. The van der Waals surface area contributed by atoms with E-state index in [1.165, 1.54) is 23.1 Å². The molecule has 3 nitrogen and oxygen atoms in total. The van der Waals surface area contributed by atoms with Gasteiger partial charge in [-0.05, 0) is 32.0 Å². The maximum Gasteiger partial charge on any atom is 0.255 e. The third kappa shape index (κ3) is 1.36. The lowest BCUT2D eigenvalue weighted by molar-refractivity contribution is 0.0704. The number of carbonyl (C=O) groups excluding carboxylic acids is 1. The van der Waals surface area contributed by atoms with Gasteiger partial charge in [-0.2, -0.15) is 5.26 Å². The second kappa shape index (κ2) is 3.60. The third-order valence-corrected chi connectivity index (χ3v) is 2.73. The molecular weight excluding hydrogens is 207 g/mol. The number of carbonyl (C=O) groups is 1. The number of fused-ring (bicyclic) bond motifs is 1. The monoisotopic (exact) mass is 218 g/mol. The van der Waals surface area contributed by atoms with E-state index < -0.39 is 11.9 Å². The molecule has 0 radical (unpaired) electrons. The second-order valence-corrected chi connectivity index (χ2v) is 4.07. The summed E-state index contributed by atoms with van der Waals surface area (Å²) >= 11 is 0. The first-order chi connectivity index (χ1) is 7.56. The zero-order valence-corrected chi connectivity index (χ0v) is 9.07. The van der Waals surface area contributed by atoms with Crippen LogP contribution >= 0.6 is 0 Å². The van der Waals surface area contributed by atoms with Crippen LogP contribution in [0.5, 0.6) is 0 Å². The van der Waals surface area contributed by atoms with Crippen LogP contribution in [0.25, 0.3) is 0 Å². The van der Waals surface area contributed by atoms with Crippen molar-refractivity contribution in [1.82, 2.24) is 4.90 Å². The van der Waals surface area contributed by atoms with Crippen molar-refractivity contribution in [2.24, 2.45) is 0 Å². The van der Waals surface area contributed by atoms with Gasteiger partial charge in [0.2, 0.25) is 0 Å². The first-order valence-corrected chi connectivity index (χ1v) is 5.08. The molecule has 0 N–H and O–H groups in total. The standard InChI is InChI=1S/C12H11FN2O/c1-7(2)15-11(6-14)10-5-8(13)3-4-9(10)12(15)16/h3-5,7,11H,1-2H3. The van der Waals surface area contributed by atoms with Gasteiger partial charge in [0.25, 0.3) is 5.91 Å². The number of benzene rings is 1. The van der Waals surface area contributed by atoms with Gasteiger partial charge in [0.1, 0.15) is 11.9 Å². The van der Waals surface area contributed by atoms with E-state index in [2.05, 4.69) is 0 Å². The van der Waals surface area contributed by atoms with Crippen molar-refractivity contribution >= 4 is 5.91 Å². The fourth-order valence-corrected chi connectivity index (χ4v) is 2.03. The quantitative estimate of drug-likeness (QED) is 0.725. The molecule has 1 atom stereocenters. The van der Waals surface area contributed by atoms with Crippen LogP contribution in [-0.2, 0) is 0 Å². The van der Waals surface area contributed by atoms with Crippen LogP contribution in [0.3, 0.4) is 0 Å². The van der Waals surface area contributed by atoms with Crippen molar-refractivity contribution in [3.8, 4) is 6.07 Å². The van der Waals surface area contributed by atoms with E-state index in [-0.39, 0.29) is 11.9 Å². The first-order valence-electron chi connectivity index (χ1n) is 5.08. The van der Waals surface area contributed by atoms with Gasteiger partial charge in [-0.25, -0.2) is 4.39 Å². The minimum atomic E-state index is -0.668. The summed E-state index contributed by atoms with van der Waals surface area (Å²) in [7, 11) is 0. The molecule has 0 aliphatic carbocycles. The summed E-state index contributed by atoms with van der Waals surface area (Å²) in [5.41, 5.74) is 0.905. The Kier molecular flexibility index (Phi) is 2.39. The lowest BCUT2D eigenvalue weighted by Gasteiger charge is -2.24. The Bertz CT molecular complexity index is 490. The Morgan fingerprint density at radius 2 is 2.19 bits per heavy atom. The van der Waals surface area contributed by atoms with E-state index in [1.807, 2.05) is 19.9 Å². The minimum absolute atomic E-state index is 0.0763. The van der Waals surface area contributed by atoms with Crippen LogP contribution in [0.4, 0.5) is 4.39 Å². The average molecular weight is 218 g/mol. The van der Waals surface area contributed by atoms with E-state index in [1.54, 1.807) is 0 Å². The number of hydrogen-bond acceptors (Lipinski definition) is 2. The van der Waals surface area contributed by atoms with Crippen molar-refractivity contribution in [3.05, 3.63) is 35.1 Å². The highest BCUT2D eigenvalue weighted by Crippen LogP contribution is 2.34. The zero-order chi connectivity index (χ0) is 11.9. The predicted molar refractivity (Wildman–Crippen MR) is 56.1 cm³/mol. The van der Waals surface area contributed by atoms with Gasteiger partial charge >= 0.3 is 0 Å². The van der Waals surface area contributed by atoms with Crippen molar-refractivity contribution in [2.75, 3.05) is 0 Å².